The number of fused-ring (bicyclic) bond motifs is 4. The van der Waals surface area contributed by atoms with Gasteiger partial charge in [0.05, 0.1) is 11.4 Å². The lowest BCUT2D eigenvalue weighted by molar-refractivity contribution is 1.14. The van der Waals surface area contributed by atoms with Crippen LogP contribution in [0.25, 0.3) is 0 Å². The third-order valence-electron chi connectivity index (χ3n) is 5.53. The lowest BCUT2D eigenvalue weighted by Gasteiger charge is -2.13. The van der Waals surface area contributed by atoms with Crippen molar-refractivity contribution in [3.05, 3.63) is 119 Å². The molecule has 0 amide bonds. The van der Waals surface area contributed by atoms with Crippen LogP contribution < -0.4 is 10.6 Å². The second-order valence-electron chi connectivity index (χ2n) is 7.66. The second kappa shape index (κ2) is 9.31. The van der Waals surface area contributed by atoms with Gasteiger partial charge >= 0.3 is 0 Å². The zero-order valence-electron chi connectivity index (χ0n) is 17.7. The van der Waals surface area contributed by atoms with E-state index in [1.807, 2.05) is 61.0 Å². The summed E-state index contributed by atoms with van der Waals surface area (Å²) in [6, 6.07) is 32.9. The Hall–Kier alpha value is -4.18. The highest BCUT2D eigenvalue weighted by atomic mass is 14.9. The lowest BCUT2D eigenvalue weighted by Crippen LogP contribution is -2.04. The van der Waals surface area contributed by atoms with E-state index in [-0.39, 0.29) is 0 Å². The Morgan fingerprint density at radius 2 is 0.875 bits per heavy atom. The number of aliphatic imine (C=N–C) groups is 2. The first-order valence-electron chi connectivity index (χ1n) is 10.8. The van der Waals surface area contributed by atoms with Gasteiger partial charge in [0.1, 0.15) is 0 Å². The number of nitrogens with zero attached hydrogens (tertiary/aromatic N) is 2. The number of hydrogen-bond donors (Lipinski definition) is 2. The lowest BCUT2D eigenvalue weighted by atomic mass is 10.1. The molecule has 0 radical (unpaired) electrons. The molecule has 4 nitrogen and oxygen atoms in total. The van der Waals surface area contributed by atoms with Gasteiger partial charge in [0.2, 0.25) is 0 Å². The minimum Gasteiger partial charge on any atom is -0.380 e. The predicted octanol–water partition coefficient (Wildman–Crippen LogP) is 6.73. The van der Waals surface area contributed by atoms with Crippen molar-refractivity contribution in [3.8, 4) is 0 Å². The monoisotopic (exact) mass is 416 g/mol. The summed E-state index contributed by atoms with van der Waals surface area (Å²) < 4.78 is 0. The third-order valence-corrected chi connectivity index (χ3v) is 5.53. The van der Waals surface area contributed by atoms with Gasteiger partial charge in [-0.3, -0.25) is 9.98 Å². The first-order valence-corrected chi connectivity index (χ1v) is 10.8. The average Bonchev–Trinajstić information content (AvgIpc) is 2.85. The molecule has 156 valence electrons. The first-order chi connectivity index (χ1) is 15.9. The van der Waals surface area contributed by atoms with Crippen molar-refractivity contribution in [2.75, 3.05) is 10.6 Å². The maximum Gasteiger partial charge on any atom is 0.0679 e. The highest BCUT2D eigenvalue weighted by Gasteiger charge is 2.07. The van der Waals surface area contributed by atoms with Gasteiger partial charge in [-0.15, -0.1) is 0 Å². The fourth-order valence-electron chi connectivity index (χ4n) is 3.77. The SMILES string of the molecule is C1=Nc2ccccc2CNc2ccccc2C=Nc2ccccc2CNc2ccccc21. The number of anilines is 2. The van der Waals surface area contributed by atoms with Crippen LogP contribution in [0.3, 0.4) is 0 Å². The Balaban J connectivity index is 1.59. The molecule has 0 saturated carbocycles. The topological polar surface area (TPSA) is 48.8 Å². The van der Waals surface area contributed by atoms with E-state index >= 15 is 0 Å². The summed E-state index contributed by atoms with van der Waals surface area (Å²) in [4.78, 5) is 9.65. The molecule has 0 unspecified atom stereocenters. The molecule has 0 atom stereocenters. The molecule has 0 bridgehead atoms. The quantitative estimate of drug-likeness (QED) is 0.334. The van der Waals surface area contributed by atoms with Crippen LogP contribution >= 0.6 is 0 Å². The molecular formula is C28H24N4. The number of hydrogen-bond acceptors (Lipinski definition) is 4. The van der Waals surface area contributed by atoms with Gasteiger partial charge in [-0.25, -0.2) is 0 Å². The molecular weight excluding hydrogens is 392 g/mol. The van der Waals surface area contributed by atoms with Crippen LogP contribution in [0.4, 0.5) is 22.7 Å². The van der Waals surface area contributed by atoms with E-state index in [9.17, 15) is 0 Å². The van der Waals surface area contributed by atoms with Crippen LogP contribution in [-0.2, 0) is 13.1 Å². The average molecular weight is 417 g/mol. The molecule has 1 aliphatic heterocycles. The molecule has 1 heterocycles. The van der Waals surface area contributed by atoms with Gasteiger partial charge in [0.15, 0.2) is 0 Å². The van der Waals surface area contributed by atoms with Crippen LogP contribution in [0.15, 0.2) is 107 Å². The summed E-state index contributed by atoms with van der Waals surface area (Å²) in [5.74, 6) is 0. The molecule has 32 heavy (non-hydrogen) atoms. The number of para-hydroxylation sites is 4. The summed E-state index contributed by atoms with van der Waals surface area (Å²) in [5, 5.41) is 7.13. The van der Waals surface area contributed by atoms with Crippen molar-refractivity contribution in [1.29, 1.82) is 0 Å². The van der Waals surface area contributed by atoms with Crippen molar-refractivity contribution < 1.29 is 0 Å². The largest absolute Gasteiger partial charge is 0.380 e. The van der Waals surface area contributed by atoms with Gasteiger partial charge in [-0.05, 0) is 35.4 Å². The minimum atomic E-state index is 0.675. The zero-order valence-corrected chi connectivity index (χ0v) is 17.7. The summed E-state index contributed by atoms with van der Waals surface area (Å²) in [6.45, 7) is 1.35. The fourth-order valence-corrected chi connectivity index (χ4v) is 3.77. The van der Waals surface area contributed by atoms with Crippen molar-refractivity contribution in [3.63, 3.8) is 0 Å². The van der Waals surface area contributed by atoms with Crippen LogP contribution in [0.1, 0.15) is 22.3 Å². The standard InChI is InChI=1S/C28H24N4/c1-5-13-25-21(9-1)17-29-26-14-6-2-11-23(26)19-31-28-16-8-4-12-24(28)20-32-27-15-7-3-10-22(27)18-30-25/h1-17,20,30-31H,18-19H2. The molecule has 0 aromatic heterocycles. The Bertz CT molecular complexity index is 1090. The fraction of sp³-hybridized carbons (Fsp3) is 0.0714. The number of benzene rings is 4. The highest BCUT2D eigenvalue weighted by Crippen LogP contribution is 2.25. The van der Waals surface area contributed by atoms with Gasteiger partial charge in [-0.2, -0.15) is 0 Å². The summed E-state index contributed by atoms with van der Waals surface area (Å²) in [5.41, 5.74) is 8.38. The molecule has 4 heteroatoms. The minimum absolute atomic E-state index is 0.675. The Morgan fingerprint density at radius 1 is 0.469 bits per heavy atom. The van der Waals surface area contributed by atoms with E-state index < -0.39 is 0 Å². The van der Waals surface area contributed by atoms with Crippen molar-refractivity contribution >= 4 is 35.2 Å². The molecule has 0 fully saturated rings. The van der Waals surface area contributed by atoms with Gasteiger partial charge < -0.3 is 10.6 Å². The molecule has 0 aliphatic carbocycles. The molecule has 4 aromatic rings. The maximum absolute atomic E-state index is 4.83. The van der Waals surface area contributed by atoms with Crippen LogP contribution in [0.5, 0.6) is 0 Å². The van der Waals surface area contributed by atoms with Crippen LogP contribution in [0.2, 0.25) is 0 Å². The smallest absolute Gasteiger partial charge is 0.0679 e. The molecule has 2 N–H and O–H groups in total. The maximum atomic E-state index is 4.83. The van der Waals surface area contributed by atoms with E-state index in [0.717, 1.165) is 45.0 Å². The van der Waals surface area contributed by atoms with Gasteiger partial charge in [-0.1, -0.05) is 72.8 Å². The van der Waals surface area contributed by atoms with Crippen molar-refractivity contribution in [2.24, 2.45) is 9.98 Å². The highest BCUT2D eigenvalue weighted by molar-refractivity contribution is 5.90. The van der Waals surface area contributed by atoms with Crippen molar-refractivity contribution in [1.82, 2.24) is 0 Å². The molecule has 1 aliphatic rings. The van der Waals surface area contributed by atoms with Crippen molar-refractivity contribution in [2.45, 2.75) is 13.1 Å². The van der Waals surface area contributed by atoms with E-state index in [1.54, 1.807) is 0 Å². The molecule has 4 aromatic carbocycles. The number of rotatable bonds is 0. The summed E-state index contributed by atoms with van der Waals surface area (Å²) in [7, 11) is 0. The van der Waals surface area contributed by atoms with Crippen LogP contribution in [0, 0.1) is 0 Å². The summed E-state index contributed by atoms with van der Waals surface area (Å²) >= 11 is 0. The summed E-state index contributed by atoms with van der Waals surface area (Å²) in [6.07, 6.45) is 3.87. The third kappa shape index (κ3) is 4.44. The van der Waals surface area contributed by atoms with E-state index in [1.165, 1.54) is 0 Å². The Kier molecular flexibility index (Phi) is 5.75. The van der Waals surface area contributed by atoms with E-state index in [2.05, 4.69) is 59.2 Å². The predicted molar refractivity (Wildman–Crippen MR) is 135 cm³/mol. The first kappa shape index (κ1) is 19.8. The van der Waals surface area contributed by atoms with Crippen LogP contribution in [-0.4, -0.2) is 12.4 Å². The molecule has 0 saturated heterocycles. The van der Waals surface area contributed by atoms with E-state index in [4.69, 9.17) is 9.98 Å². The van der Waals surface area contributed by atoms with Gasteiger partial charge in [0.25, 0.3) is 0 Å². The second-order valence-corrected chi connectivity index (χ2v) is 7.66. The molecule has 5 rings (SSSR count). The zero-order chi connectivity index (χ0) is 21.6. The van der Waals surface area contributed by atoms with Gasteiger partial charge in [0, 0.05) is 48.0 Å². The molecule has 0 spiro atoms. The number of nitrogens with one attached hydrogen (secondary N) is 2. The Labute approximate surface area is 188 Å². The van der Waals surface area contributed by atoms with E-state index in [0.29, 0.717) is 13.1 Å². The Morgan fingerprint density at radius 3 is 1.38 bits per heavy atom. The normalized spacial score (nSPS) is 13.0.